The van der Waals surface area contributed by atoms with E-state index in [1.54, 1.807) is 0 Å². The van der Waals surface area contributed by atoms with Crippen molar-refractivity contribution in [2.24, 2.45) is 17.8 Å². The fourth-order valence-electron chi connectivity index (χ4n) is 3.00. The van der Waals surface area contributed by atoms with Gasteiger partial charge in [-0.15, -0.1) is 0 Å². The van der Waals surface area contributed by atoms with Crippen molar-refractivity contribution in [3.8, 4) is 0 Å². The minimum atomic E-state index is -0.471. The molecule has 0 nitrogen and oxygen atoms in total. The molecule has 0 heterocycles. The van der Waals surface area contributed by atoms with Crippen LogP contribution in [0.5, 0.6) is 0 Å². The van der Waals surface area contributed by atoms with Crippen molar-refractivity contribution < 1.29 is 4.39 Å². The summed E-state index contributed by atoms with van der Waals surface area (Å²) in [6.07, 6.45) is 5.32. The average Bonchev–Trinajstić information content (AvgIpc) is 1.98. The highest BCUT2D eigenvalue weighted by Gasteiger charge is 2.39. The largest absolute Gasteiger partial charge is 0.247 e. The van der Waals surface area contributed by atoms with Crippen molar-refractivity contribution in [3.63, 3.8) is 0 Å². The van der Waals surface area contributed by atoms with Crippen molar-refractivity contribution in [3.05, 3.63) is 0 Å². The predicted octanol–water partition coefficient (Wildman–Crippen LogP) is 3.17. The molecule has 4 atom stereocenters. The van der Waals surface area contributed by atoms with Gasteiger partial charge in [-0.3, -0.25) is 0 Å². The fourth-order valence-corrected chi connectivity index (χ4v) is 3.00. The summed E-state index contributed by atoms with van der Waals surface area (Å²) in [7, 11) is 0. The zero-order valence-corrected chi connectivity index (χ0v) is 7.22. The minimum Gasteiger partial charge on any atom is -0.247 e. The van der Waals surface area contributed by atoms with Gasteiger partial charge in [0.25, 0.3) is 0 Å². The van der Waals surface area contributed by atoms with Crippen LogP contribution in [-0.2, 0) is 0 Å². The first-order chi connectivity index (χ1) is 5.29. The maximum absolute atomic E-state index is 13.3. The van der Waals surface area contributed by atoms with Gasteiger partial charge in [0, 0.05) is 0 Å². The summed E-state index contributed by atoms with van der Waals surface area (Å²) in [6, 6.07) is 0. The summed E-state index contributed by atoms with van der Waals surface area (Å²) in [4.78, 5) is 0. The van der Waals surface area contributed by atoms with Gasteiger partial charge in [-0.2, -0.15) is 0 Å². The van der Waals surface area contributed by atoms with Gasteiger partial charge in [0.2, 0.25) is 0 Å². The normalized spacial score (nSPS) is 50.7. The van der Waals surface area contributed by atoms with E-state index in [0.717, 1.165) is 25.2 Å². The Morgan fingerprint density at radius 2 is 1.91 bits per heavy atom. The summed E-state index contributed by atoms with van der Waals surface area (Å²) < 4.78 is 13.3. The zero-order valence-electron chi connectivity index (χ0n) is 7.22. The number of hydrogen-bond acceptors (Lipinski definition) is 0. The molecule has 0 aromatic heterocycles. The maximum Gasteiger partial charge on any atom is 0.103 e. The lowest BCUT2D eigenvalue weighted by molar-refractivity contribution is 0.0297. The van der Waals surface area contributed by atoms with Gasteiger partial charge in [0.15, 0.2) is 0 Å². The Kier molecular flexibility index (Phi) is 1.90. The molecule has 11 heavy (non-hydrogen) atoms. The Labute approximate surface area is 68.2 Å². The average molecular weight is 156 g/mol. The first kappa shape index (κ1) is 7.57. The van der Waals surface area contributed by atoms with E-state index in [-0.39, 0.29) is 0 Å². The molecule has 2 bridgehead atoms. The summed E-state index contributed by atoms with van der Waals surface area (Å²) in [5.74, 6) is 1.95. The second-order valence-electron chi connectivity index (χ2n) is 4.31. The molecule has 0 aromatic rings. The van der Waals surface area contributed by atoms with Crippen LogP contribution in [0.4, 0.5) is 4.39 Å². The lowest BCUT2D eigenvalue weighted by Crippen LogP contribution is -2.37. The SMILES string of the molecule is CC1C2CCC[C@H]1[C@@H](F)CC2. The van der Waals surface area contributed by atoms with Gasteiger partial charge >= 0.3 is 0 Å². The summed E-state index contributed by atoms with van der Waals surface area (Å²) >= 11 is 0. The van der Waals surface area contributed by atoms with Crippen LogP contribution in [0.25, 0.3) is 0 Å². The lowest BCUT2D eigenvalue weighted by atomic mass is 9.65. The quantitative estimate of drug-likeness (QED) is 0.505. The van der Waals surface area contributed by atoms with E-state index in [2.05, 4.69) is 6.92 Å². The highest BCUT2D eigenvalue weighted by molar-refractivity contribution is 4.88. The van der Waals surface area contributed by atoms with E-state index in [1.165, 1.54) is 12.8 Å². The summed E-state index contributed by atoms with van der Waals surface area (Å²) in [5, 5.41) is 0. The Morgan fingerprint density at radius 3 is 2.64 bits per heavy atom. The van der Waals surface area contributed by atoms with Gasteiger partial charge in [-0.25, -0.2) is 4.39 Å². The second kappa shape index (κ2) is 2.76. The van der Waals surface area contributed by atoms with Gasteiger partial charge in [0.05, 0.1) is 0 Å². The molecule has 0 aromatic carbocycles. The van der Waals surface area contributed by atoms with Crippen LogP contribution in [0.15, 0.2) is 0 Å². The molecule has 0 saturated heterocycles. The van der Waals surface area contributed by atoms with Gasteiger partial charge in [-0.1, -0.05) is 19.8 Å². The molecule has 0 aliphatic heterocycles. The number of rotatable bonds is 0. The van der Waals surface area contributed by atoms with Crippen molar-refractivity contribution in [1.82, 2.24) is 0 Å². The molecule has 2 saturated carbocycles. The highest BCUT2D eigenvalue weighted by atomic mass is 19.1. The number of hydrogen-bond donors (Lipinski definition) is 0. The van der Waals surface area contributed by atoms with Crippen LogP contribution in [0, 0.1) is 17.8 Å². The van der Waals surface area contributed by atoms with E-state index in [1.807, 2.05) is 0 Å². The van der Waals surface area contributed by atoms with E-state index >= 15 is 0 Å². The number of alkyl halides is 1. The number of halogens is 1. The van der Waals surface area contributed by atoms with Crippen LogP contribution in [0.2, 0.25) is 0 Å². The molecule has 64 valence electrons. The maximum atomic E-state index is 13.3. The molecule has 2 unspecified atom stereocenters. The Hall–Kier alpha value is -0.0700. The molecule has 2 aliphatic carbocycles. The molecule has 1 heteroatoms. The van der Waals surface area contributed by atoms with Crippen LogP contribution < -0.4 is 0 Å². The smallest absolute Gasteiger partial charge is 0.103 e. The molecule has 0 radical (unpaired) electrons. The predicted molar refractivity (Wildman–Crippen MR) is 44.1 cm³/mol. The van der Waals surface area contributed by atoms with Gasteiger partial charge in [-0.05, 0) is 37.0 Å². The van der Waals surface area contributed by atoms with E-state index in [9.17, 15) is 4.39 Å². The van der Waals surface area contributed by atoms with E-state index < -0.39 is 6.17 Å². The lowest BCUT2D eigenvalue weighted by Gasteiger charge is -2.42. The molecule has 2 fully saturated rings. The Bertz CT molecular complexity index is 144. The van der Waals surface area contributed by atoms with Crippen molar-refractivity contribution >= 4 is 0 Å². The van der Waals surface area contributed by atoms with Crippen molar-refractivity contribution in [2.45, 2.75) is 45.2 Å². The third-order valence-corrected chi connectivity index (χ3v) is 3.81. The Balaban J connectivity index is 2.09. The molecule has 2 aliphatic rings. The molecule has 0 N–H and O–H groups in total. The molecular weight excluding hydrogens is 139 g/mol. The highest BCUT2D eigenvalue weighted by Crippen LogP contribution is 2.45. The standard InChI is InChI=1S/C10H17F/c1-7-8-3-2-4-9(7)10(11)6-5-8/h7-10H,2-6H2,1H3/t7?,8?,9-,10+/m1/s1. The number of fused-ring (bicyclic) bond motifs is 2. The molecule has 0 amide bonds. The van der Waals surface area contributed by atoms with Gasteiger partial charge in [0.1, 0.15) is 6.17 Å². The fraction of sp³-hybridized carbons (Fsp3) is 1.00. The van der Waals surface area contributed by atoms with Crippen LogP contribution >= 0.6 is 0 Å². The van der Waals surface area contributed by atoms with Crippen LogP contribution in [0.1, 0.15) is 39.0 Å². The minimum absolute atomic E-state index is 0.419. The first-order valence-electron chi connectivity index (χ1n) is 4.93. The molecular formula is C10H17F. The monoisotopic (exact) mass is 156 g/mol. The van der Waals surface area contributed by atoms with Crippen molar-refractivity contribution in [2.75, 3.05) is 0 Å². The third kappa shape index (κ3) is 1.19. The first-order valence-corrected chi connectivity index (χ1v) is 4.93. The second-order valence-corrected chi connectivity index (χ2v) is 4.31. The summed E-state index contributed by atoms with van der Waals surface area (Å²) in [6.45, 7) is 2.25. The van der Waals surface area contributed by atoms with E-state index in [4.69, 9.17) is 0 Å². The molecule has 0 spiro atoms. The third-order valence-electron chi connectivity index (χ3n) is 3.81. The zero-order chi connectivity index (χ0) is 7.84. The Morgan fingerprint density at radius 1 is 1.09 bits per heavy atom. The van der Waals surface area contributed by atoms with Crippen molar-refractivity contribution in [1.29, 1.82) is 0 Å². The van der Waals surface area contributed by atoms with Gasteiger partial charge < -0.3 is 0 Å². The van der Waals surface area contributed by atoms with Crippen LogP contribution in [-0.4, -0.2) is 6.17 Å². The van der Waals surface area contributed by atoms with Crippen LogP contribution in [0.3, 0.4) is 0 Å². The summed E-state index contributed by atoms with van der Waals surface area (Å²) in [5.41, 5.74) is 0. The topological polar surface area (TPSA) is 0 Å². The molecule has 2 rings (SSSR count). The van der Waals surface area contributed by atoms with E-state index in [0.29, 0.717) is 11.8 Å².